The Bertz CT molecular complexity index is 579. The third-order valence-electron chi connectivity index (χ3n) is 2.84. The van der Waals surface area contributed by atoms with E-state index < -0.39 is 0 Å². The van der Waals surface area contributed by atoms with Crippen LogP contribution in [0.25, 0.3) is 22.4 Å². The van der Waals surface area contributed by atoms with E-state index in [-0.39, 0.29) is 0 Å². The van der Waals surface area contributed by atoms with Crippen LogP contribution in [0.4, 0.5) is 0 Å². The molecule has 0 radical (unpaired) electrons. The van der Waals surface area contributed by atoms with Gasteiger partial charge in [-0.05, 0) is 35.4 Å². The molecule has 0 spiro atoms. The van der Waals surface area contributed by atoms with E-state index in [0.29, 0.717) is 0 Å². The minimum atomic E-state index is 0.991. The number of pyridine rings is 2. The highest BCUT2D eigenvalue weighted by atomic mass is 14.7. The Kier molecular flexibility index (Phi) is 2.84. The molecule has 86 valence electrons. The molecule has 1 aromatic carbocycles. The Labute approximate surface area is 106 Å². The van der Waals surface area contributed by atoms with Gasteiger partial charge in [0.2, 0.25) is 0 Å². The molecule has 2 heteroatoms. The van der Waals surface area contributed by atoms with Crippen molar-refractivity contribution in [2.24, 2.45) is 0 Å². The standard InChI is InChI=1S/C16H12N2/c1-2-4-14(5-3-1)16-12-15(8-11-18-16)13-6-9-17-10-7-13/h1-12H. The van der Waals surface area contributed by atoms with E-state index >= 15 is 0 Å². The van der Waals surface area contributed by atoms with Crippen LogP contribution in [0.15, 0.2) is 73.2 Å². The molecule has 0 bridgehead atoms. The van der Waals surface area contributed by atoms with Gasteiger partial charge in [-0.15, -0.1) is 0 Å². The number of aromatic nitrogens is 2. The summed E-state index contributed by atoms with van der Waals surface area (Å²) in [5.74, 6) is 0. The molecular weight excluding hydrogens is 220 g/mol. The molecule has 0 saturated heterocycles. The summed E-state index contributed by atoms with van der Waals surface area (Å²) < 4.78 is 0. The second-order valence-electron chi connectivity index (χ2n) is 4.03. The van der Waals surface area contributed by atoms with Crippen molar-refractivity contribution in [3.8, 4) is 22.4 Å². The maximum Gasteiger partial charge on any atom is 0.0708 e. The van der Waals surface area contributed by atoms with Gasteiger partial charge < -0.3 is 0 Å². The van der Waals surface area contributed by atoms with E-state index in [0.717, 1.165) is 22.4 Å². The molecule has 0 aliphatic heterocycles. The van der Waals surface area contributed by atoms with Crippen molar-refractivity contribution >= 4 is 0 Å². The summed E-state index contributed by atoms with van der Waals surface area (Å²) in [5, 5.41) is 0. The molecule has 2 heterocycles. The van der Waals surface area contributed by atoms with Gasteiger partial charge in [0.15, 0.2) is 0 Å². The first-order chi connectivity index (χ1) is 8.93. The minimum Gasteiger partial charge on any atom is -0.265 e. The van der Waals surface area contributed by atoms with Crippen molar-refractivity contribution in [1.82, 2.24) is 9.97 Å². The number of nitrogens with zero attached hydrogens (tertiary/aromatic N) is 2. The topological polar surface area (TPSA) is 25.8 Å². The number of hydrogen-bond donors (Lipinski definition) is 0. The fraction of sp³-hybridized carbons (Fsp3) is 0. The first-order valence-corrected chi connectivity index (χ1v) is 5.85. The zero-order valence-corrected chi connectivity index (χ0v) is 9.82. The molecule has 0 saturated carbocycles. The summed E-state index contributed by atoms with van der Waals surface area (Å²) in [6, 6.07) is 18.3. The van der Waals surface area contributed by atoms with E-state index in [1.165, 1.54) is 0 Å². The lowest BCUT2D eigenvalue weighted by molar-refractivity contribution is 1.31. The Hall–Kier alpha value is -2.48. The fourth-order valence-corrected chi connectivity index (χ4v) is 1.92. The zero-order chi connectivity index (χ0) is 12.2. The Morgan fingerprint density at radius 1 is 0.611 bits per heavy atom. The molecule has 3 rings (SSSR count). The maximum atomic E-state index is 4.42. The Balaban J connectivity index is 2.05. The lowest BCUT2D eigenvalue weighted by Gasteiger charge is -2.04. The summed E-state index contributed by atoms with van der Waals surface area (Å²) in [5.41, 5.74) is 4.44. The van der Waals surface area contributed by atoms with Gasteiger partial charge >= 0.3 is 0 Å². The molecule has 0 aliphatic rings. The molecule has 0 amide bonds. The molecule has 2 nitrogen and oxygen atoms in total. The predicted octanol–water partition coefficient (Wildman–Crippen LogP) is 3.81. The molecule has 0 unspecified atom stereocenters. The molecule has 0 atom stereocenters. The molecule has 0 N–H and O–H groups in total. The van der Waals surface area contributed by atoms with Gasteiger partial charge in [0.05, 0.1) is 5.69 Å². The highest BCUT2D eigenvalue weighted by Gasteiger charge is 2.01. The minimum absolute atomic E-state index is 0.991. The van der Waals surface area contributed by atoms with Gasteiger partial charge in [0.1, 0.15) is 0 Å². The lowest BCUT2D eigenvalue weighted by atomic mass is 10.0. The first-order valence-electron chi connectivity index (χ1n) is 5.85. The van der Waals surface area contributed by atoms with Gasteiger partial charge in [-0.1, -0.05) is 30.3 Å². The first kappa shape index (κ1) is 10.7. The second-order valence-corrected chi connectivity index (χ2v) is 4.03. The van der Waals surface area contributed by atoms with Crippen molar-refractivity contribution in [3.05, 3.63) is 73.2 Å². The van der Waals surface area contributed by atoms with Crippen molar-refractivity contribution in [1.29, 1.82) is 0 Å². The van der Waals surface area contributed by atoms with Crippen LogP contribution in [0.3, 0.4) is 0 Å². The highest BCUT2D eigenvalue weighted by molar-refractivity contribution is 5.69. The normalized spacial score (nSPS) is 10.2. The number of hydrogen-bond acceptors (Lipinski definition) is 2. The van der Waals surface area contributed by atoms with E-state index in [1.807, 2.05) is 42.6 Å². The number of benzene rings is 1. The van der Waals surface area contributed by atoms with Gasteiger partial charge in [-0.25, -0.2) is 0 Å². The van der Waals surface area contributed by atoms with Gasteiger partial charge in [0, 0.05) is 24.2 Å². The van der Waals surface area contributed by atoms with Crippen molar-refractivity contribution < 1.29 is 0 Å². The quantitative estimate of drug-likeness (QED) is 0.671. The molecule has 3 aromatic rings. The predicted molar refractivity (Wildman–Crippen MR) is 72.9 cm³/mol. The molecule has 0 fully saturated rings. The molecule has 0 aliphatic carbocycles. The van der Waals surface area contributed by atoms with Crippen LogP contribution in [-0.2, 0) is 0 Å². The van der Waals surface area contributed by atoms with E-state index in [1.54, 1.807) is 12.4 Å². The molecular formula is C16H12N2. The van der Waals surface area contributed by atoms with Crippen LogP contribution in [0.1, 0.15) is 0 Å². The summed E-state index contributed by atoms with van der Waals surface area (Å²) >= 11 is 0. The fourth-order valence-electron chi connectivity index (χ4n) is 1.92. The van der Waals surface area contributed by atoms with Crippen LogP contribution in [0.5, 0.6) is 0 Å². The average molecular weight is 232 g/mol. The second kappa shape index (κ2) is 4.80. The van der Waals surface area contributed by atoms with E-state index in [2.05, 4.69) is 28.2 Å². The van der Waals surface area contributed by atoms with E-state index in [9.17, 15) is 0 Å². The van der Waals surface area contributed by atoms with Crippen LogP contribution in [-0.4, -0.2) is 9.97 Å². The van der Waals surface area contributed by atoms with Crippen LogP contribution in [0.2, 0.25) is 0 Å². The van der Waals surface area contributed by atoms with Crippen LogP contribution in [0, 0.1) is 0 Å². The zero-order valence-electron chi connectivity index (χ0n) is 9.82. The molecule has 18 heavy (non-hydrogen) atoms. The SMILES string of the molecule is c1ccc(-c2cc(-c3ccncc3)ccn2)cc1. The summed E-state index contributed by atoms with van der Waals surface area (Å²) in [6.45, 7) is 0. The smallest absolute Gasteiger partial charge is 0.0708 e. The highest BCUT2D eigenvalue weighted by Crippen LogP contribution is 2.23. The maximum absolute atomic E-state index is 4.42. The Morgan fingerprint density at radius 3 is 2.11 bits per heavy atom. The largest absolute Gasteiger partial charge is 0.265 e. The Morgan fingerprint density at radius 2 is 1.33 bits per heavy atom. The van der Waals surface area contributed by atoms with E-state index in [4.69, 9.17) is 0 Å². The van der Waals surface area contributed by atoms with Crippen molar-refractivity contribution in [2.45, 2.75) is 0 Å². The lowest BCUT2D eigenvalue weighted by Crippen LogP contribution is -1.85. The van der Waals surface area contributed by atoms with Crippen molar-refractivity contribution in [2.75, 3.05) is 0 Å². The monoisotopic (exact) mass is 232 g/mol. The van der Waals surface area contributed by atoms with Crippen LogP contribution >= 0.6 is 0 Å². The van der Waals surface area contributed by atoms with Gasteiger partial charge in [-0.3, -0.25) is 9.97 Å². The number of rotatable bonds is 2. The summed E-state index contributed by atoms with van der Waals surface area (Å²) in [7, 11) is 0. The van der Waals surface area contributed by atoms with Gasteiger partial charge in [0.25, 0.3) is 0 Å². The summed E-state index contributed by atoms with van der Waals surface area (Å²) in [6.07, 6.45) is 5.45. The molecule has 2 aromatic heterocycles. The van der Waals surface area contributed by atoms with Gasteiger partial charge in [-0.2, -0.15) is 0 Å². The third-order valence-corrected chi connectivity index (χ3v) is 2.84. The van der Waals surface area contributed by atoms with Crippen molar-refractivity contribution in [3.63, 3.8) is 0 Å². The average Bonchev–Trinajstić information content (AvgIpc) is 2.49. The van der Waals surface area contributed by atoms with Crippen LogP contribution < -0.4 is 0 Å². The summed E-state index contributed by atoms with van der Waals surface area (Å²) in [4.78, 5) is 8.46. The third kappa shape index (κ3) is 2.13.